The third kappa shape index (κ3) is 4.55. The molecule has 0 bridgehead atoms. The number of methoxy groups -OCH3 is 1. The lowest BCUT2D eigenvalue weighted by molar-refractivity contribution is -0.384. The van der Waals surface area contributed by atoms with E-state index < -0.39 is 22.4 Å². The molecule has 168 valence electrons. The summed E-state index contributed by atoms with van der Waals surface area (Å²) in [4.78, 5) is 36.0. The predicted molar refractivity (Wildman–Crippen MR) is 120 cm³/mol. The second kappa shape index (κ2) is 8.92. The van der Waals surface area contributed by atoms with E-state index in [9.17, 15) is 24.8 Å². The van der Waals surface area contributed by atoms with Gasteiger partial charge in [0.25, 0.3) is 5.69 Å². The lowest BCUT2D eigenvalue weighted by atomic mass is 9.64. The van der Waals surface area contributed by atoms with Crippen LogP contribution in [0.25, 0.3) is 0 Å². The number of Topliss-reactive ketones (excluding diaryl/α,β-unsaturated/α-hetero) is 2. The number of non-ortho nitro benzene ring substituents is 1. The molecule has 8 heteroatoms. The molecule has 0 aliphatic heterocycles. The predicted octanol–water partition coefficient (Wildman–Crippen LogP) is 4.00. The molecule has 0 heterocycles. The number of nitrogens with one attached hydrogen (secondary N) is 1. The smallest absolute Gasteiger partial charge is 0.269 e. The number of hydrogen-bond acceptors (Lipinski definition) is 7. The zero-order valence-corrected chi connectivity index (χ0v) is 18.4. The van der Waals surface area contributed by atoms with Crippen molar-refractivity contribution in [1.82, 2.24) is 0 Å². The Morgan fingerprint density at radius 3 is 2.19 bits per heavy atom. The van der Waals surface area contributed by atoms with Crippen LogP contribution in [0.2, 0.25) is 0 Å². The third-order valence-corrected chi connectivity index (χ3v) is 5.84. The second-order valence-corrected chi connectivity index (χ2v) is 8.25. The standard InChI is InChI=1S/C24H26N2O6/c1-14(27)21-20(25-17-7-11-19(32-4)12-8-17)13-24(3,29)23(15(2)28)22(21)16-5-9-18(10-6-16)26(30)31/h5-12,22-23,25,29H,13H2,1-4H3. The molecule has 0 fully saturated rings. The average molecular weight is 438 g/mol. The highest BCUT2D eigenvalue weighted by atomic mass is 16.6. The maximum Gasteiger partial charge on any atom is 0.269 e. The summed E-state index contributed by atoms with van der Waals surface area (Å²) in [5.74, 6) is -1.47. The summed E-state index contributed by atoms with van der Waals surface area (Å²) in [5, 5.41) is 25.6. The Morgan fingerprint density at radius 1 is 1.12 bits per heavy atom. The molecule has 2 aromatic carbocycles. The van der Waals surface area contributed by atoms with E-state index in [0.29, 0.717) is 28.3 Å². The van der Waals surface area contributed by atoms with Gasteiger partial charge in [-0.1, -0.05) is 12.1 Å². The van der Waals surface area contributed by atoms with Crippen molar-refractivity contribution in [1.29, 1.82) is 0 Å². The maximum absolute atomic E-state index is 12.8. The van der Waals surface area contributed by atoms with Crippen molar-refractivity contribution in [2.24, 2.45) is 5.92 Å². The largest absolute Gasteiger partial charge is 0.497 e. The van der Waals surface area contributed by atoms with E-state index in [1.165, 1.54) is 38.1 Å². The van der Waals surface area contributed by atoms with E-state index in [0.717, 1.165) is 0 Å². The highest BCUT2D eigenvalue weighted by Crippen LogP contribution is 2.48. The van der Waals surface area contributed by atoms with Crippen LogP contribution in [0, 0.1) is 16.0 Å². The first-order valence-corrected chi connectivity index (χ1v) is 10.2. The van der Waals surface area contributed by atoms with E-state index in [1.807, 2.05) is 0 Å². The minimum Gasteiger partial charge on any atom is -0.497 e. The first kappa shape index (κ1) is 23.1. The summed E-state index contributed by atoms with van der Waals surface area (Å²) >= 11 is 0. The Hall–Kier alpha value is -3.52. The number of nitro groups is 1. The Bertz CT molecular complexity index is 1070. The zero-order valence-electron chi connectivity index (χ0n) is 18.4. The van der Waals surface area contributed by atoms with Gasteiger partial charge in [0.05, 0.1) is 23.6 Å². The van der Waals surface area contributed by atoms with E-state index in [1.54, 1.807) is 38.3 Å². The fourth-order valence-corrected chi connectivity index (χ4v) is 4.50. The van der Waals surface area contributed by atoms with Gasteiger partial charge in [-0.3, -0.25) is 19.7 Å². The molecule has 2 N–H and O–H groups in total. The van der Waals surface area contributed by atoms with E-state index in [2.05, 4.69) is 5.32 Å². The molecular formula is C24H26N2O6. The van der Waals surface area contributed by atoms with Gasteiger partial charge in [0.2, 0.25) is 0 Å². The van der Waals surface area contributed by atoms with Crippen LogP contribution < -0.4 is 10.1 Å². The lowest BCUT2D eigenvalue weighted by Crippen LogP contribution is -2.48. The molecule has 0 amide bonds. The monoisotopic (exact) mass is 438 g/mol. The number of aliphatic hydroxyl groups is 1. The molecule has 3 rings (SSSR count). The maximum atomic E-state index is 12.8. The zero-order chi connectivity index (χ0) is 23.6. The van der Waals surface area contributed by atoms with Crippen molar-refractivity contribution < 1.29 is 24.4 Å². The highest BCUT2D eigenvalue weighted by molar-refractivity contribution is 5.98. The van der Waals surface area contributed by atoms with Gasteiger partial charge in [0.1, 0.15) is 11.5 Å². The first-order chi connectivity index (χ1) is 15.0. The Balaban J connectivity index is 2.16. The van der Waals surface area contributed by atoms with Crippen LogP contribution in [-0.2, 0) is 9.59 Å². The first-order valence-electron chi connectivity index (χ1n) is 10.2. The number of ether oxygens (including phenoxy) is 1. The van der Waals surface area contributed by atoms with E-state index >= 15 is 0 Å². The number of nitrogens with zero attached hydrogens (tertiary/aromatic N) is 1. The van der Waals surface area contributed by atoms with Gasteiger partial charge >= 0.3 is 0 Å². The molecule has 3 unspecified atom stereocenters. The second-order valence-electron chi connectivity index (χ2n) is 8.25. The van der Waals surface area contributed by atoms with Crippen molar-refractivity contribution in [3.8, 4) is 5.75 Å². The van der Waals surface area contributed by atoms with Crippen LogP contribution in [0.3, 0.4) is 0 Å². The number of nitro benzene ring substituents is 1. The van der Waals surface area contributed by atoms with Gasteiger partial charge in [-0.15, -0.1) is 0 Å². The van der Waals surface area contributed by atoms with Crippen LogP contribution in [0.15, 0.2) is 59.8 Å². The molecule has 0 saturated carbocycles. The normalized spacial score (nSPS) is 22.9. The fraction of sp³-hybridized carbons (Fsp3) is 0.333. The average Bonchev–Trinajstić information content (AvgIpc) is 2.72. The molecule has 3 atom stereocenters. The van der Waals surface area contributed by atoms with Crippen molar-refractivity contribution in [2.75, 3.05) is 12.4 Å². The van der Waals surface area contributed by atoms with Gasteiger partial charge in [-0.2, -0.15) is 0 Å². The van der Waals surface area contributed by atoms with Crippen LogP contribution in [-0.4, -0.2) is 34.3 Å². The fourth-order valence-electron chi connectivity index (χ4n) is 4.50. The Kier molecular flexibility index (Phi) is 6.45. The third-order valence-electron chi connectivity index (χ3n) is 5.84. The van der Waals surface area contributed by atoms with Gasteiger partial charge < -0.3 is 15.2 Å². The van der Waals surface area contributed by atoms with Gasteiger partial charge in [0.15, 0.2) is 5.78 Å². The van der Waals surface area contributed by atoms with Crippen LogP contribution in [0.1, 0.15) is 38.7 Å². The summed E-state index contributed by atoms with van der Waals surface area (Å²) in [7, 11) is 1.56. The molecule has 32 heavy (non-hydrogen) atoms. The number of carbonyl (C=O) groups excluding carboxylic acids is 2. The van der Waals surface area contributed by atoms with E-state index in [-0.39, 0.29) is 23.7 Å². The van der Waals surface area contributed by atoms with Crippen LogP contribution >= 0.6 is 0 Å². The Morgan fingerprint density at radius 2 is 1.72 bits per heavy atom. The topological polar surface area (TPSA) is 119 Å². The van der Waals surface area contributed by atoms with Gasteiger partial charge in [-0.05, 0) is 50.6 Å². The van der Waals surface area contributed by atoms with Crippen molar-refractivity contribution in [2.45, 2.75) is 38.7 Å². The van der Waals surface area contributed by atoms with E-state index in [4.69, 9.17) is 4.74 Å². The molecule has 0 aromatic heterocycles. The number of hydrogen-bond donors (Lipinski definition) is 2. The van der Waals surface area contributed by atoms with Crippen LogP contribution in [0.4, 0.5) is 11.4 Å². The summed E-state index contributed by atoms with van der Waals surface area (Å²) in [6.07, 6.45) is 0.0711. The van der Waals surface area contributed by atoms with Gasteiger partial charge in [0, 0.05) is 41.4 Å². The number of ketones is 2. The number of benzene rings is 2. The SMILES string of the molecule is COc1ccc(NC2=C(C(C)=O)C(c3ccc([N+](=O)[O-])cc3)C(C(C)=O)C(C)(O)C2)cc1. The van der Waals surface area contributed by atoms with Crippen LogP contribution in [0.5, 0.6) is 5.75 Å². The van der Waals surface area contributed by atoms with Crippen molar-refractivity contribution >= 4 is 22.9 Å². The molecule has 1 aliphatic carbocycles. The molecular weight excluding hydrogens is 412 g/mol. The number of carbonyl (C=O) groups is 2. The minimum absolute atomic E-state index is 0.0711. The number of allylic oxidation sites excluding steroid dienone is 1. The molecule has 8 nitrogen and oxygen atoms in total. The van der Waals surface area contributed by atoms with Crippen molar-refractivity contribution in [3.05, 3.63) is 75.5 Å². The van der Waals surface area contributed by atoms with Gasteiger partial charge in [-0.25, -0.2) is 0 Å². The number of rotatable bonds is 7. The molecule has 0 radical (unpaired) electrons. The summed E-state index contributed by atoms with van der Waals surface area (Å²) < 4.78 is 5.17. The lowest BCUT2D eigenvalue weighted by Gasteiger charge is -2.43. The van der Waals surface area contributed by atoms with Crippen molar-refractivity contribution in [3.63, 3.8) is 0 Å². The summed E-state index contributed by atoms with van der Waals surface area (Å²) in [6, 6.07) is 12.9. The summed E-state index contributed by atoms with van der Waals surface area (Å²) in [6.45, 7) is 4.38. The molecule has 2 aromatic rings. The minimum atomic E-state index is -1.44. The quantitative estimate of drug-likeness (QED) is 0.495. The molecule has 0 saturated heterocycles. The number of anilines is 1. The summed E-state index contributed by atoms with van der Waals surface area (Å²) in [5.41, 5.74) is 0.594. The molecule has 1 aliphatic rings. The highest BCUT2D eigenvalue weighted by Gasteiger charge is 2.49. The Labute approximate surface area is 186 Å². The molecule has 0 spiro atoms.